The van der Waals surface area contributed by atoms with Crippen LogP contribution in [-0.2, 0) is 14.3 Å². The van der Waals surface area contributed by atoms with Gasteiger partial charge in [-0.3, -0.25) is 34.7 Å². The molecule has 13 nitrogen and oxygen atoms in total. The minimum absolute atomic E-state index is 0.0625. The molecule has 3 rings (SSSR count). The van der Waals surface area contributed by atoms with Crippen LogP contribution in [0.25, 0.3) is 6.08 Å². The van der Waals surface area contributed by atoms with Gasteiger partial charge in [0.2, 0.25) is 5.75 Å². The van der Waals surface area contributed by atoms with Crippen molar-refractivity contribution in [3.05, 3.63) is 67.1 Å². The topological polar surface area (TPSA) is 168 Å². The van der Waals surface area contributed by atoms with Gasteiger partial charge < -0.3 is 14.2 Å². The first-order chi connectivity index (χ1) is 16.6. The third-order valence-corrected chi connectivity index (χ3v) is 5.69. The standard InChI is InChI=1S/C21H17N3O10S/c1-11(20(26)33-3)22-19(25)18(35-21(22)27)9-12-4-6-16(17(8-12)32-2)34-15-7-5-13(23(28)29)10-14(15)24(30)31/h4-11H,1-3H3/b18-9+/t11-/m1/s1. The van der Waals surface area contributed by atoms with E-state index in [1.807, 2.05) is 0 Å². The van der Waals surface area contributed by atoms with E-state index in [1.54, 1.807) is 0 Å². The molecule has 1 fully saturated rings. The lowest BCUT2D eigenvalue weighted by molar-refractivity contribution is -0.394. The Kier molecular flexibility index (Phi) is 7.34. The molecule has 1 aliphatic rings. The molecule has 2 amide bonds. The molecule has 0 aromatic heterocycles. The molecule has 0 radical (unpaired) electrons. The number of hydrogen-bond donors (Lipinski definition) is 0. The number of hydrogen-bond acceptors (Lipinski definition) is 11. The average molecular weight is 503 g/mol. The number of carbonyl (C=O) groups is 3. The summed E-state index contributed by atoms with van der Waals surface area (Å²) in [6, 6.07) is 6.23. The van der Waals surface area contributed by atoms with Crippen LogP contribution in [0.1, 0.15) is 12.5 Å². The van der Waals surface area contributed by atoms with Crippen molar-refractivity contribution in [1.82, 2.24) is 4.90 Å². The zero-order valence-electron chi connectivity index (χ0n) is 18.5. The van der Waals surface area contributed by atoms with Gasteiger partial charge in [-0.2, -0.15) is 0 Å². The lowest BCUT2D eigenvalue weighted by atomic mass is 10.1. The summed E-state index contributed by atoms with van der Waals surface area (Å²) in [5.74, 6) is -1.46. The summed E-state index contributed by atoms with van der Waals surface area (Å²) in [7, 11) is 2.47. The van der Waals surface area contributed by atoms with Gasteiger partial charge in [0.1, 0.15) is 6.04 Å². The molecule has 14 heteroatoms. The first-order valence-electron chi connectivity index (χ1n) is 9.71. The van der Waals surface area contributed by atoms with Crippen LogP contribution < -0.4 is 9.47 Å². The van der Waals surface area contributed by atoms with Crippen LogP contribution in [-0.4, -0.2) is 52.1 Å². The predicted octanol–water partition coefficient (Wildman–Crippen LogP) is 3.90. The van der Waals surface area contributed by atoms with E-state index in [1.165, 1.54) is 38.3 Å². The lowest BCUT2D eigenvalue weighted by Gasteiger charge is -2.18. The second-order valence-corrected chi connectivity index (χ2v) is 7.92. The van der Waals surface area contributed by atoms with Crippen molar-refractivity contribution in [2.75, 3.05) is 14.2 Å². The number of nitro benzene ring substituents is 2. The summed E-state index contributed by atoms with van der Waals surface area (Å²) in [6.07, 6.45) is 1.41. The smallest absolute Gasteiger partial charge is 0.328 e. The Balaban J connectivity index is 1.90. The second-order valence-electron chi connectivity index (χ2n) is 6.93. The number of non-ortho nitro benzene ring substituents is 1. The zero-order chi connectivity index (χ0) is 25.9. The summed E-state index contributed by atoms with van der Waals surface area (Å²) in [6.45, 7) is 1.37. The maximum atomic E-state index is 12.7. The Bertz CT molecular complexity index is 1280. The SMILES string of the molecule is COC(=O)[C@@H](C)N1C(=O)S/C(=C/c2ccc(Oc3ccc([N+](=O)[O-])cc3[N+](=O)[O-])c(OC)c2)C1=O. The largest absolute Gasteiger partial charge is 0.493 e. The van der Waals surface area contributed by atoms with Crippen molar-refractivity contribution < 1.29 is 38.4 Å². The molecule has 0 spiro atoms. The second kappa shape index (κ2) is 10.2. The van der Waals surface area contributed by atoms with E-state index in [2.05, 4.69) is 4.74 Å². The zero-order valence-corrected chi connectivity index (χ0v) is 19.3. The number of imide groups is 1. The number of nitrogens with zero attached hydrogens (tertiary/aromatic N) is 3. The van der Waals surface area contributed by atoms with Gasteiger partial charge in [-0.05, 0) is 48.5 Å². The molecule has 0 saturated carbocycles. The predicted molar refractivity (Wildman–Crippen MR) is 122 cm³/mol. The number of nitro groups is 2. The van der Waals surface area contributed by atoms with Crippen LogP contribution >= 0.6 is 11.8 Å². The average Bonchev–Trinajstić information content (AvgIpc) is 3.11. The highest BCUT2D eigenvalue weighted by Crippen LogP contribution is 2.39. The maximum Gasteiger partial charge on any atom is 0.328 e. The van der Waals surface area contributed by atoms with Crippen LogP contribution in [0.3, 0.4) is 0 Å². The third kappa shape index (κ3) is 5.22. The van der Waals surface area contributed by atoms with Crippen molar-refractivity contribution in [2.24, 2.45) is 0 Å². The normalized spacial score (nSPS) is 15.2. The lowest BCUT2D eigenvalue weighted by Crippen LogP contribution is -2.42. The molecular weight excluding hydrogens is 486 g/mol. The van der Waals surface area contributed by atoms with E-state index in [0.717, 1.165) is 30.2 Å². The number of ether oxygens (including phenoxy) is 3. The minimum Gasteiger partial charge on any atom is -0.493 e. The summed E-state index contributed by atoms with van der Waals surface area (Å²) < 4.78 is 15.4. The third-order valence-electron chi connectivity index (χ3n) is 4.81. The van der Waals surface area contributed by atoms with Gasteiger partial charge in [0.05, 0.1) is 35.0 Å². The van der Waals surface area contributed by atoms with Gasteiger partial charge in [0.25, 0.3) is 16.8 Å². The number of esters is 1. The molecule has 35 heavy (non-hydrogen) atoms. The molecule has 0 bridgehead atoms. The summed E-state index contributed by atoms with van der Waals surface area (Å²) in [5, 5.41) is 21.6. The highest BCUT2D eigenvalue weighted by Gasteiger charge is 2.41. The Morgan fingerprint density at radius 2 is 1.71 bits per heavy atom. The molecule has 1 aliphatic heterocycles. The number of methoxy groups -OCH3 is 2. The van der Waals surface area contributed by atoms with E-state index in [-0.39, 0.29) is 22.2 Å². The van der Waals surface area contributed by atoms with Gasteiger partial charge in [-0.15, -0.1) is 0 Å². The number of thioether (sulfide) groups is 1. The number of carbonyl (C=O) groups excluding carboxylic acids is 3. The fourth-order valence-corrected chi connectivity index (χ4v) is 3.97. The van der Waals surface area contributed by atoms with Crippen molar-refractivity contribution in [3.8, 4) is 17.2 Å². The Morgan fingerprint density at radius 3 is 2.31 bits per heavy atom. The molecule has 1 heterocycles. The van der Waals surface area contributed by atoms with E-state index < -0.39 is 44.4 Å². The molecule has 1 saturated heterocycles. The van der Waals surface area contributed by atoms with E-state index >= 15 is 0 Å². The van der Waals surface area contributed by atoms with Gasteiger partial charge in [0, 0.05) is 6.07 Å². The van der Waals surface area contributed by atoms with Crippen molar-refractivity contribution in [1.29, 1.82) is 0 Å². The Labute approximate surface area is 201 Å². The Hall–Kier alpha value is -4.46. The van der Waals surface area contributed by atoms with Crippen LogP contribution in [0.5, 0.6) is 17.2 Å². The summed E-state index contributed by atoms with van der Waals surface area (Å²) in [5.41, 5.74) is -0.649. The van der Waals surface area contributed by atoms with Gasteiger partial charge in [-0.25, -0.2) is 4.79 Å². The van der Waals surface area contributed by atoms with Crippen LogP contribution in [0.4, 0.5) is 16.2 Å². The molecule has 2 aromatic rings. The quantitative estimate of drug-likeness (QED) is 0.222. The van der Waals surface area contributed by atoms with Crippen molar-refractivity contribution >= 4 is 46.3 Å². The molecule has 0 aliphatic carbocycles. The van der Waals surface area contributed by atoms with Crippen molar-refractivity contribution in [3.63, 3.8) is 0 Å². The number of amides is 2. The Morgan fingerprint density at radius 1 is 1.03 bits per heavy atom. The number of benzene rings is 2. The highest BCUT2D eigenvalue weighted by atomic mass is 32.2. The van der Waals surface area contributed by atoms with Crippen LogP contribution in [0.15, 0.2) is 41.3 Å². The first kappa shape index (κ1) is 25.2. The van der Waals surface area contributed by atoms with Crippen molar-refractivity contribution in [2.45, 2.75) is 13.0 Å². The van der Waals surface area contributed by atoms with Crippen LogP contribution in [0, 0.1) is 20.2 Å². The van der Waals surface area contributed by atoms with Crippen LogP contribution in [0.2, 0.25) is 0 Å². The van der Waals surface area contributed by atoms with Gasteiger partial charge >= 0.3 is 11.7 Å². The van der Waals surface area contributed by atoms with Gasteiger partial charge in [0.15, 0.2) is 11.5 Å². The minimum atomic E-state index is -1.10. The van der Waals surface area contributed by atoms with E-state index in [0.29, 0.717) is 17.3 Å². The molecule has 0 unspecified atom stereocenters. The monoisotopic (exact) mass is 503 g/mol. The molecular formula is C21H17N3O10S. The fourth-order valence-electron chi connectivity index (χ4n) is 3.07. The highest BCUT2D eigenvalue weighted by molar-refractivity contribution is 8.18. The maximum absolute atomic E-state index is 12.7. The summed E-state index contributed by atoms with van der Waals surface area (Å²) in [4.78, 5) is 58.2. The van der Waals surface area contributed by atoms with E-state index in [4.69, 9.17) is 9.47 Å². The van der Waals surface area contributed by atoms with Gasteiger partial charge in [-0.1, -0.05) is 6.07 Å². The molecule has 182 valence electrons. The molecule has 2 aromatic carbocycles. The van der Waals surface area contributed by atoms with E-state index in [9.17, 15) is 34.6 Å². The fraction of sp³-hybridized carbons (Fsp3) is 0.190. The first-order valence-corrected chi connectivity index (χ1v) is 10.5. The summed E-state index contributed by atoms with van der Waals surface area (Å²) >= 11 is 0.651. The molecule has 0 N–H and O–H groups in total. The number of rotatable bonds is 8. The molecule has 1 atom stereocenters.